The van der Waals surface area contributed by atoms with Gasteiger partial charge in [-0.1, -0.05) is 6.07 Å². The molecule has 6 nitrogen and oxygen atoms in total. The lowest BCUT2D eigenvalue weighted by atomic mass is 10.1. The first kappa shape index (κ1) is 18.9. The highest BCUT2D eigenvalue weighted by Crippen LogP contribution is 2.32. The lowest BCUT2D eigenvalue weighted by Gasteiger charge is -2.32. The van der Waals surface area contributed by atoms with E-state index >= 15 is 0 Å². The Hall–Kier alpha value is -1.83. The van der Waals surface area contributed by atoms with Crippen molar-refractivity contribution in [3.63, 3.8) is 0 Å². The van der Waals surface area contributed by atoms with E-state index in [2.05, 4.69) is 16.8 Å². The fraction of sp³-hybridized carbons (Fsp3) is 0.474. The molecular weight excluding hydrogens is 350 g/mol. The van der Waals surface area contributed by atoms with Gasteiger partial charge in [-0.2, -0.15) is 0 Å². The summed E-state index contributed by atoms with van der Waals surface area (Å²) in [4.78, 5) is 16.7. The number of hydrogen-bond acceptors (Lipinski definition) is 6. The van der Waals surface area contributed by atoms with Crippen LogP contribution in [0, 0.1) is 10.1 Å². The molecule has 1 aromatic heterocycles. The van der Waals surface area contributed by atoms with Crippen molar-refractivity contribution < 1.29 is 9.34 Å². The fourth-order valence-corrected chi connectivity index (χ4v) is 4.01. The number of furan rings is 1. The lowest BCUT2D eigenvalue weighted by Crippen LogP contribution is -2.44. The second-order valence-electron chi connectivity index (χ2n) is 6.68. The number of nitro benzene ring substituents is 1. The van der Waals surface area contributed by atoms with E-state index in [0.29, 0.717) is 10.6 Å². The molecule has 0 spiro atoms. The van der Waals surface area contributed by atoms with E-state index in [9.17, 15) is 10.1 Å². The Morgan fingerprint density at radius 3 is 2.73 bits per heavy atom. The van der Waals surface area contributed by atoms with Gasteiger partial charge in [-0.3, -0.25) is 10.1 Å². The van der Waals surface area contributed by atoms with Crippen LogP contribution in [0.25, 0.3) is 0 Å². The van der Waals surface area contributed by atoms with Crippen LogP contribution in [0.1, 0.15) is 17.7 Å². The molecule has 0 saturated carbocycles. The fourth-order valence-electron chi connectivity index (χ4n) is 3.11. The monoisotopic (exact) mass is 375 g/mol. The molecule has 1 aliphatic heterocycles. The van der Waals surface area contributed by atoms with Crippen molar-refractivity contribution in [3.8, 4) is 0 Å². The zero-order chi connectivity index (χ0) is 18.4. The van der Waals surface area contributed by atoms with Crippen LogP contribution in [0.5, 0.6) is 0 Å². The predicted molar refractivity (Wildman–Crippen MR) is 104 cm³/mol. The van der Waals surface area contributed by atoms with Crippen LogP contribution in [0.2, 0.25) is 0 Å². The summed E-state index contributed by atoms with van der Waals surface area (Å²) >= 11 is 1.44. The van der Waals surface area contributed by atoms with Gasteiger partial charge in [-0.25, -0.2) is 0 Å². The smallest absolute Gasteiger partial charge is 0.283 e. The number of thioether (sulfide) groups is 1. The normalized spacial score (nSPS) is 16.0. The SMILES string of the molecule is CN1CCN(CCCc2ccc(SCc3ccco3)c([N+](=O)[O-])c2)CC1. The molecule has 0 aliphatic carbocycles. The number of piperazine rings is 1. The summed E-state index contributed by atoms with van der Waals surface area (Å²) in [7, 11) is 2.15. The van der Waals surface area contributed by atoms with Crippen molar-refractivity contribution >= 4 is 17.4 Å². The van der Waals surface area contributed by atoms with Gasteiger partial charge in [0, 0.05) is 32.2 Å². The molecule has 2 aromatic rings. The molecule has 26 heavy (non-hydrogen) atoms. The Bertz CT molecular complexity index is 713. The molecule has 2 heterocycles. The van der Waals surface area contributed by atoms with Crippen molar-refractivity contribution in [2.45, 2.75) is 23.5 Å². The first-order chi connectivity index (χ1) is 12.6. The summed E-state index contributed by atoms with van der Waals surface area (Å²) in [5.41, 5.74) is 1.23. The predicted octanol–water partition coefficient (Wildman–Crippen LogP) is 3.66. The van der Waals surface area contributed by atoms with Crippen LogP contribution < -0.4 is 0 Å². The van der Waals surface area contributed by atoms with Crippen molar-refractivity contribution in [2.75, 3.05) is 39.8 Å². The van der Waals surface area contributed by atoms with Gasteiger partial charge in [-0.05, 0) is 50.2 Å². The molecule has 1 aliphatic rings. The molecular formula is C19H25N3O3S. The number of rotatable bonds is 8. The average molecular weight is 375 g/mol. The van der Waals surface area contributed by atoms with Crippen molar-refractivity contribution in [1.29, 1.82) is 0 Å². The minimum Gasteiger partial charge on any atom is -0.468 e. The number of aryl methyl sites for hydroxylation is 1. The highest BCUT2D eigenvalue weighted by atomic mass is 32.2. The van der Waals surface area contributed by atoms with Gasteiger partial charge in [-0.15, -0.1) is 11.8 Å². The van der Waals surface area contributed by atoms with E-state index in [1.165, 1.54) is 11.8 Å². The summed E-state index contributed by atoms with van der Waals surface area (Å²) in [6.45, 7) is 5.51. The number of nitrogens with zero attached hydrogens (tertiary/aromatic N) is 3. The highest BCUT2D eigenvalue weighted by molar-refractivity contribution is 7.98. The van der Waals surface area contributed by atoms with Crippen LogP contribution in [0.4, 0.5) is 5.69 Å². The van der Waals surface area contributed by atoms with Gasteiger partial charge in [0.1, 0.15) is 5.76 Å². The molecule has 7 heteroatoms. The second-order valence-corrected chi connectivity index (χ2v) is 7.69. The van der Waals surface area contributed by atoms with Gasteiger partial charge in [0.15, 0.2) is 0 Å². The molecule has 0 N–H and O–H groups in total. The minimum atomic E-state index is -0.283. The Labute approximate surface area is 158 Å². The molecule has 0 radical (unpaired) electrons. The Kier molecular flexibility index (Phi) is 6.71. The quantitative estimate of drug-likeness (QED) is 0.399. The highest BCUT2D eigenvalue weighted by Gasteiger charge is 2.17. The molecule has 0 atom stereocenters. The topological polar surface area (TPSA) is 62.8 Å². The van der Waals surface area contributed by atoms with E-state index in [4.69, 9.17) is 4.42 Å². The Morgan fingerprint density at radius 1 is 1.23 bits per heavy atom. The molecule has 0 amide bonds. The average Bonchev–Trinajstić information content (AvgIpc) is 3.15. The third kappa shape index (κ3) is 5.33. The first-order valence-electron chi connectivity index (χ1n) is 8.95. The molecule has 3 rings (SSSR count). The standard InChI is InChI=1S/C19H25N3O3S/c1-20-9-11-21(12-10-20)8-2-4-16-6-7-19(18(14-16)22(23)24)26-15-17-5-3-13-25-17/h3,5-7,13-14H,2,4,8-12,15H2,1H3. The van der Waals surface area contributed by atoms with E-state index in [1.54, 1.807) is 12.3 Å². The molecule has 1 saturated heterocycles. The van der Waals surface area contributed by atoms with Crippen molar-refractivity contribution in [2.24, 2.45) is 0 Å². The maximum absolute atomic E-state index is 11.4. The van der Waals surface area contributed by atoms with E-state index in [1.807, 2.05) is 24.3 Å². The molecule has 1 aromatic carbocycles. The van der Waals surface area contributed by atoms with Crippen LogP contribution in [-0.4, -0.2) is 54.5 Å². The van der Waals surface area contributed by atoms with Crippen LogP contribution >= 0.6 is 11.8 Å². The lowest BCUT2D eigenvalue weighted by molar-refractivity contribution is -0.387. The van der Waals surface area contributed by atoms with Gasteiger partial charge < -0.3 is 14.2 Å². The van der Waals surface area contributed by atoms with Gasteiger partial charge in [0.05, 0.1) is 21.8 Å². The number of nitro groups is 1. The van der Waals surface area contributed by atoms with Crippen molar-refractivity contribution in [1.82, 2.24) is 9.80 Å². The number of benzene rings is 1. The largest absolute Gasteiger partial charge is 0.468 e. The van der Waals surface area contributed by atoms with Crippen molar-refractivity contribution in [3.05, 3.63) is 58.0 Å². The Balaban J connectivity index is 1.54. The molecule has 140 valence electrons. The summed E-state index contributed by atoms with van der Waals surface area (Å²) in [5.74, 6) is 1.41. The van der Waals surface area contributed by atoms with Gasteiger partial charge in [0.25, 0.3) is 5.69 Å². The summed E-state index contributed by atoms with van der Waals surface area (Å²) in [6.07, 6.45) is 3.52. The van der Waals surface area contributed by atoms with Crippen LogP contribution in [-0.2, 0) is 12.2 Å². The second kappa shape index (κ2) is 9.21. The molecule has 0 bridgehead atoms. The maximum Gasteiger partial charge on any atom is 0.283 e. The maximum atomic E-state index is 11.4. The van der Waals surface area contributed by atoms with Gasteiger partial charge >= 0.3 is 0 Å². The van der Waals surface area contributed by atoms with Crippen LogP contribution in [0.3, 0.4) is 0 Å². The molecule has 0 unspecified atom stereocenters. The zero-order valence-corrected chi connectivity index (χ0v) is 15.9. The van der Waals surface area contributed by atoms with E-state index in [0.717, 1.165) is 56.9 Å². The number of hydrogen-bond donors (Lipinski definition) is 0. The third-order valence-electron chi connectivity index (χ3n) is 4.71. The van der Waals surface area contributed by atoms with E-state index < -0.39 is 0 Å². The summed E-state index contributed by atoms with van der Waals surface area (Å²) < 4.78 is 5.30. The summed E-state index contributed by atoms with van der Waals surface area (Å²) in [5, 5.41) is 11.4. The molecule has 1 fully saturated rings. The zero-order valence-electron chi connectivity index (χ0n) is 15.1. The minimum absolute atomic E-state index is 0.193. The van der Waals surface area contributed by atoms with E-state index in [-0.39, 0.29) is 10.6 Å². The number of likely N-dealkylation sites (N-methyl/N-ethyl adjacent to an activating group) is 1. The van der Waals surface area contributed by atoms with Gasteiger partial charge in [0.2, 0.25) is 0 Å². The first-order valence-corrected chi connectivity index (χ1v) is 9.94. The Morgan fingerprint density at radius 2 is 2.04 bits per heavy atom. The third-order valence-corrected chi connectivity index (χ3v) is 5.79. The summed E-state index contributed by atoms with van der Waals surface area (Å²) in [6, 6.07) is 9.33. The van der Waals surface area contributed by atoms with Crippen LogP contribution in [0.15, 0.2) is 45.9 Å².